The number of hydrogen-bond acceptors (Lipinski definition) is 3. The fourth-order valence-corrected chi connectivity index (χ4v) is 2.28. The Bertz CT molecular complexity index is 530. The Morgan fingerprint density at radius 2 is 2.28 bits per heavy atom. The molecule has 0 saturated carbocycles. The first-order valence-corrected chi connectivity index (χ1v) is 6.83. The summed E-state index contributed by atoms with van der Waals surface area (Å²) in [5.41, 5.74) is 2.05. The van der Waals surface area contributed by atoms with Gasteiger partial charge in [0.2, 0.25) is 0 Å². The van der Waals surface area contributed by atoms with Crippen LogP contribution in [-0.2, 0) is 4.74 Å². The predicted molar refractivity (Wildman–Crippen MR) is 79.0 cm³/mol. The van der Waals surface area contributed by atoms with Crippen molar-refractivity contribution in [1.82, 2.24) is 4.98 Å². The van der Waals surface area contributed by atoms with Gasteiger partial charge < -0.3 is 10.1 Å². The van der Waals surface area contributed by atoms with Crippen LogP contribution in [0.15, 0.2) is 34.9 Å². The third kappa shape index (κ3) is 3.00. The van der Waals surface area contributed by atoms with Crippen molar-refractivity contribution in [1.29, 1.82) is 0 Å². The topological polar surface area (TPSA) is 34.1 Å². The smallest absolute Gasteiger partial charge is 0.0934 e. The molecule has 0 saturated heterocycles. The van der Waals surface area contributed by atoms with E-state index >= 15 is 0 Å². The molecule has 1 unspecified atom stereocenters. The zero-order valence-corrected chi connectivity index (χ0v) is 12.2. The first-order chi connectivity index (χ1) is 8.74. The molecule has 1 aromatic carbocycles. The molecule has 1 aromatic heterocycles. The number of benzene rings is 1. The standard InChI is InChI=1S/C14H17BrN2O/c1-3-12(9-18-2)17-13-6-4-5-10-7-11(15)8-16-14(10)13/h4-8,12,17H,3,9H2,1-2H3. The number of hydrogen-bond donors (Lipinski definition) is 1. The first kappa shape index (κ1) is 13.3. The maximum atomic E-state index is 5.21. The average molecular weight is 309 g/mol. The number of fused-ring (bicyclic) bond motifs is 1. The van der Waals surface area contributed by atoms with Crippen LogP contribution in [0.3, 0.4) is 0 Å². The van der Waals surface area contributed by atoms with Gasteiger partial charge in [-0.2, -0.15) is 0 Å². The third-order valence-electron chi connectivity index (χ3n) is 2.90. The lowest BCUT2D eigenvalue weighted by Gasteiger charge is -2.18. The van der Waals surface area contributed by atoms with Gasteiger partial charge in [0.15, 0.2) is 0 Å². The van der Waals surface area contributed by atoms with Crippen molar-refractivity contribution >= 4 is 32.5 Å². The Morgan fingerprint density at radius 3 is 3.00 bits per heavy atom. The van der Waals surface area contributed by atoms with Crippen LogP contribution in [0.2, 0.25) is 0 Å². The van der Waals surface area contributed by atoms with Crippen LogP contribution in [0.4, 0.5) is 5.69 Å². The molecule has 0 spiro atoms. The first-order valence-electron chi connectivity index (χ1n) is 6.04. The van der Waals surface area contributed by atoms with E-state index in [0.717, 1.165) is 27.5 Å². The molecule has 0 bridgehead atoms. The molecule has 96 valence electrons. The van der Waals surface area contributed by atoms with Crippen LogP contribution >= 0.6 is 15.9 Å². The lowest BCUT2D eigenvalue weighted by Crippen LogP contribution is -2.24. The van der Waals surface area contributed by atoms with E-state index in [0.29, 0.717) is 12.6 Å². The highest BCUT2D eigenvalue weighted by Gasteiger charge is 2.08. The number of halogens is 1. The summed E-state index contributed by atoms with van der Waals surface area (Å²) in [6, 6.07) is 8.55. The average Bonchev–Trinajstić information content (AvgIpc) is 2.38. The Labute approximate surface area is 116 Å². The van der Waals surface area contributed by atoms with Crippen LogP contribution in [0.25, 0.3) is 10.9 Å². The van der Waals surface area contributed by atoms with Crippen molar-refractivity contribution in [3.05, 3.63) is 34.9 Å². The molecule has 0 aliphatic carbocycles. The zero-order chi connectivity index (χ0) is 13.0. The number of ether oxygens (including phenoxy) is 1. The molecule has 1 atom stereocenters. The number of rotatable bonds is 5. The lowest BCUT2D eigenvalue weighted by molar-refractivity contribution is 0.184. The Morgan fingerprint density at radius 1 is 1.44 bits per heavy atom. The summed E-state index contributed by atoms with van der Waals surface area (Å²) in [6.07, 6.45) is 2.84. The number of anilines is 1. The number of aromatic nitrogens is 1. The molecule has 3 nitrogen and oxygen atoms in total. The van der Waals surface area contributed by atoms with Gasteiger partial charge in [0.25, 0.3) is 0 Å². The van der Waals surface area contributed by atoms with Crippen molar-refractivity contribution < 1.29 is 4.74 Å². The molecule has 0 aliphatic heterocycles. The number of nitrogens with zero attached hydrogens (tertiary/aromatic N) is 1. The Balaban J connectivity index is 2.32. The van der Waals surface area contributed by atoms with E-state index in [9.17, 15) is 0 Å². The van der Waals surface area contributed by atoms with Crippen LogP contribution in [-0.4, -0.2) is 24.7 Å². The molecule has 0 fully saturated rings. The van der Waals surface area contributed by atoms with E-state index in [2.05, 4.69) is 51.4 Å². The normalized spacial score (nSPS) is 12.6. The van der Waals surface area contributed by atoms with Crippen LogP contribution in [0, 0.1) is 0 Å². The molecule has 0 amide bonds. The van der Waals surface area contributed by atoms with Crippen LogP contribution in [0.1, 0.15) is 13.3 Å². The van der Waals surface area contributed by atoms with Gasteiger partial charge in [-0.1, -0.05) is 19.1 Å². The van der Waals surface area contributed by atoms with Gasteiger partial charge in [-0.15, -0.1) is 0 Å². The van der Waals surface area contributed by atoms with E-state index in [1.165, 1.54) is 0 Å². The summed E-state index contributed by atoms with van der Waals surface area (Å²) in [7, 11) is 1.73. The second kappa shape index (κ2) is 6.16. The highest BCUT2D eigenvalue weighted by atomic mass is 79.9. The molecular weight excluding hydrogens is 292 g/mol. The predicted octanol–water partition coefficient (Wildman–Crippen LogP) is 3.83. The van der Waals surface area contributed by atoms with E-state index in [1.807, 2.05) is 12.3 Å². The van der Waals surface area contributed by atoms with E-state index < -0.39 is 0 Å². The molecule has 2 aromatic rings. The number of methoxy groups -OCH3 is 1. The van der Waals surface area contributed by atoms with Gasteiger partial charge in [0.05, 0.1) is 17.8 Å². The number of pyridine rings is 1. The molecule has 2 rings (SSSR count). The number of para-hydroxylation sites is 1. The van der Waals surface area contributed by atoms with E-state index in [4.69, 9.17) is 4.74 Å². The largest absolute Gasteiger partial charge is 0.383 e. The number of nitrogens with one attached hydrogen (secondary N) is 1. The minimum absolute atomic E-state index is 0.311. The minimum atomic E-state index is 0.311. The fraction of sp³-hybridized carbons (Fsp3) is 0.357. The molecule has 0 aliphatic rings. The Hall–Kier alpha value is -1.13. The van der Waals surface area contributed by atoms with Crippen molar-refractivity contribution in [3.63, 3.8) is 0 Å². The SMILES string of the molecule is CCC(COC)Nc1cccc2cc(Br)cnc12. The summed E-state index contributed by atoms with van der Waals surface area (Å²) < 4.78 is 6.20. The molecule has 18 heavy (non-hydrogen) atoms. The van der Waals surface area contributed by atoms with Gasteiger partial charge in [-0.25, -0.2) is 0 Å². The molecule has 1 N–H and O–H groups in total. The van der Waals surface area contributed by atoms with Crippen LogP contribution in [0.5, 0.6) is 0 Å². The van der Waals surface area contributed by atoms with Gasteiger partial charge in [0.1, 0.15) is 0 Å². The summed E-state index contributed by atoms with van der Waals surface area (Å²) in [6.45, 7) is 2.84. The Kier molecular flexibility index (Phi) is 4.55. The van der Waals surface area contributed by atoms with Crippen molar-refractivity contribution in [3.8, 4) is 0 Å². The molecule has 1 heterocycles. The summed E-state index contributed by atoms with van der Waals surface area (Å²) in [5, 5.41) is 4.62. The molecule has 0 radical (unpaired) electrons. The van der Waals surface area contributed by atoms with E-state index in [-0.39, 0.29) is 0 Å². The van der Waals surface area contributed by atoms with Gasteiger partial charge in [0, 0.05) is 29.2 Å². The zero-order valence-electron chi connectivity index (χ0n) is 10.6. The minimum Gasteiger partial charge on any atom is -0.383 e. The lowest BCUT2D eigenvalue weighted by atomic mass is 10.1. The maximum Gasteiger partial charge on any atom is 0.0934 e. The second-order valence-corrected chi connectivity index (χ2v) is 5.15. The van der Waals surface area contributed by atoms with Gasteiger partial charge >= 0.3 is 0 Å². The van der Waals surface area contributed by atoms with Crippen LogP contribution < -0.4 is 5.32 Å². The molecular formula is C14H17BrN2O. The monoisotopic (exact) mass is 308 g/mol. The van der Waals surface area contributed by atoms with Crippen molar-refractivity contribution in [2.75, 3.05) is 19.0 Å². The summed E-state index contributed by atoms with van der Waals surface area (Å²) in [4.78, 5) is 4.48. The quantitative estimate of drug-likeness (QED) is 0.911. The third-order valence-corrected chi connectivity index (χ3v) is 3.33. The van der Waals surface area contributed by atoms with Crippen molar-refractivity contribution in [2.24, 2.45) is 0 Å². The van der Waals surface area contributed by atoms with E-state index in [1.54, 1.807) is 7.11 Å². The summed E-state index contributed by atoms with van der Waals surface area (Å²) in [5.74, 6) is 0. The highest BCUT2D eigenvalue weighted by molar-refractivity contribution is 9.10. The molecule has 4 heteroatoms. The van der Waals surface area contributed by atoms with Crippen molar-refractivity contribution in [2.45, 2.75) is 19.4 Å². The van der Waals surface area contributed by atoms with Gasteiger partial charge in [-0.05, 0) is 34.5 Å². The fourth-order valence-electron chi connectivity index (χ4n) is 1.93. The highest BCUT2D eigenvalue weighted by Crippen LogP contribution is 2.24. The summed E-state index contributed by atoms with van der Waals surface area (Å²) >= 11 is 3.44. The van der Waals surface area contributed by atoms with Gasteiger partial charge in [-0.3, -0.25) is 4.98 Å². The second-order valence-electron chi connectivity index (χ2n) is 4.24. The maximum absolute atomic E-state index is 5.21.